The zero-order valence-electron chi connectivity index (χ0n) is 24.5. The van der Waals surface area contributed by atoms with E-state index in [1.165, 1.54) is 29.7 Å². The number of thiophene rings is 1. The first kappa shape index (κ1) is 29.4. The number of hydrogen-bond donors (Lipinski definition) is 3. The van der Waals surface area contributed by atoms with Crippen LogP contribution in [0.3, 0.4) is 0 Å². The maximum absolute atomic E-state index is 12.8. The maximum atomic E-state index is 12.8. The molecule has 0 aliphatic heterocycles. The highest BCUT2D eigenvalue weighted by molar-refractivity contribution is 7.19. The molecule has 0 spiro atoms. The number of fused-ring (bicyclic) bond motifs is 2. The van der Waals surface area contributed by atoms with Crippen molar-refractivity contribution in [2.75, 3.05) is 10.6 Å². The Morgan fingerprint density at radius 2 is 1.84 bits per heavy atom. The highest BCUT2D eigenvalue weighted by Crippen LogP contribution is 2.28. The van der Waals surface area contributed by atoms with E-state index in [2.05, 4.69) is 41.0 Å². The van der Waals surface area contributed by atoms with Crippen molar-refractivity contribution in [1.82, 2.24) is 30.4 Å². The SMILES string of the molecule is Cc1cccnc1-c1cc(C(=O)Nc2cnc3nc(C(=O)NCc4cc5cnc(NC(=O)OC(C)(C)C)cc5s4)oc3c2)on1. The van der Waals surface area contributed by atoms with Gasteiger partial charge >= 0.3 is 12.0 Å². The van der Waals surface area contributed by atoms with Crippen molar-refractivity contribution < 1.29 is 28.1 Å². The lowest BCUT2D eigenvalue weighted by molar-refractivity contribution is 0.0635. The molecule has 0 aliphatic rings. The van der Waals surface area contributed by atoms with E-state index in [-0.39, 0.29) is 29.4 Å². The Hall–Kier alpha value is -5.70. The van der Waals surface area contributed by atoms with Crippen molar-refractivity contribution in [3.63, 3.8) is 0 Å². The molecule has 0 radical (unpaired) electrons. The fourth-order valence-corrected chi connectivity index (χ4v) is 5.23. The van der Waals surface area contributed by atoms with E-state index in [1.54, 1.807) is 39.2 Å². The van der Waals surface area contributed by atoms with E-state index >= 15 is 0 Å². The van der Waals surface area contributed by atoms with Gasteiger partial charge in [-0.3, -0.25) is 19.9 Å². The fraction of sp³-hybridized carbons (Fsp3) is 0.200. The first-order valence-corrected chi connectivity index (χ1v) is 14.5. The fourth-order valence-electron chi connectivity index (χ4n) is 4.22. The number of hydrogen-bond acceptors (Lipinski definition) is 12. The molecule has 6 aromatic rings. The van der Waals surface area contributed by atoms with E-state index in [9.17, 15) is 14.4 Å². The van der Waals surface area contributed by atoms with E-state index in [0.29, 0.717) is 22.9 Å². The van der Waals surface area contributed by atoms with E-state index in [1.807, 2.05) is 25.1 Å². The Bertz CT molecular complexity index is 2080. The lowest BCUT2D eigenvalue weighted by Crippen LogP contribution is -2.27. The van der Waals surface area contributed by atoms with Crippen molar-refractivity contribution in [3.8, 4) is 11.4 Å². The summed E-state index contributed by atoms with van der Waals surface area (Å²) in [4.78, 5) is 55.4. The Kier molecular flexibility index (Phi) is 7.68. The van der Waals surface area contributed by atoms with Gasteiger partial charge in [0.25, 0.3) is 11.8 Å². The molecule has 0 aromatic carbocycles. The van der Waals surface area contributed by atoms with E-state index in [0.717, 1.165) is 20.5 Å². The molecule has 6 heterocycles. The molecule has 0 saturated heterocycles. The number of nitrogens with zero attached hydrogens (tertiary/aromatic N) is 5. The van der Waals surface area contributed by atoms with Crippen LogP contribution in [-0.4, -0.2) is 48.6 Å². The molecule has 15 heteroatoms. The number of aryl methyl sites for hydroxylation is 1. The van der Waals surface area contributed by atoms with Crippen LogP contribution < -0.4 is 16.0 Å². The van der Waals surface area contributed by atoms with Crippen molar-refractivity contribution in [1.29, 1.82) is 0 Å². The minimum atomic E-state index is -0.630. The van der Waals surface area contributed by atoms with Crippen molar-refractivity contribution in [2.45, 2.75) is 39.8 Å². The number of rotatable bonds is 7. The predicted molar refractivity (Wildman–Crippen MR) is 165 cm³/mol. The number of pyridine rings is 3. The number of ether oxygens (including phenoxy) is 1. The summed E-state index contributed by atoms with van der Waals surface area (Å²) in [6.07, 6.45) is 4.06. The molecule has 0 atom stereocenters. The zero-order valence-corrected chi connectivity index (χ0v) is 25.3. The van der Waals surface area contributed by atoms with Crippen LogP contribution in [0.25, 0.3) is 32.7 Å². The zero-order chi connectivity index (χ0) is 31.7. The molecule has 0 aliphatic carbocycles. The minimum absolute atomic E-state index is 0.0136. The molecular weight excluding hydrogens is 600 g/mol. The van der Waals surface area contributed by atoms with Crippen LogP contribution in [0.1, 0.15) is 52.5 Å². The van der Waals surface area contributed by atoms with Crippen molar-refractivity contribution in [3.05, 3.63) is 77.1 Å². The Labute approximate surface area is 259 Å². The summed E-state index contributed by atoms with van der Waals surface area (Å²) in [7, 11) is 0. The number of carbonyl (C=O) groups is 3. The summed E-state index contributed by atoms with van der Waals surface area (Å²) >= 11 is 1.43. The molecule has 3 N–H and O–H groups in total. The molecule has 0 unspecified atom stereocenters. The second-order valence-electron chi connectivity index (χ2n) is 10.9. The maximum Gasteiger partial charge on any atom is 0.413 e. The Balaban J connectivity index is 1.08. The van der Waals surface area contributed by atoms with Gasteiger partial charge in [0.05, 0.1) is 24.1 Å². The van der Waals surface area contributed by atoms with Gasteiger partial charge in [0.2, 0.25) is 5.76 Å². The van der Waals surface area contributed by atoms with Crippen LogP contribution in [-0.2, 0) is 11.3 Å². The second kappa shape index (κ2) is 11.8. The van der Waals surface area contributed by atoms with Gasteiger partial charge in [-0.05, 0) is 51.5 Å². The molecule has 14 nitrogen and oxygen atoms in total. The molecule has 6 rings (SSSR count). The summed E-state index contributed by atoms with van der Waals surface area (Å²) in [5.74, 6) is -0.930. The lowest BCUT2D eigenvalue weighted by Gasteiger charge is -2.19. The average molecular weight is 627 g/mol. The third-order valence-electron chi connectivity index (χ3n) is 6.19. The van der Waals surface area contributed by atoms with E-state index in [4.69, 9.17) is 13.7 Å². The van der Waals surface area contributed by atoms with Gasteiger partial charge in [-0.1, -0.05) is 11.2 Å². The number of anilines is 2. The van der Waals surface area contributed by atoms with Crippen molar-refractivity contribution in [2.24, 2.45) is 0 Å². The summed E-state index contributed by atoms with van der Waals surface area (Å²) < 4.78 is 17.0. The van der Waals surface area contributed by atoms with Gasteiger partial charge in [0, 0.05) is 39.5 Å². The summed E-state index contributed by atoms with van der Waals surface area (Å²) in [6, 6.07) is 10.3. The number of carbonyl (C=O) groups excluding carboxylic acids is 3. The first-order valence-electron chi connectivity index (χ1n) is 13.6. The minimum Gasteiger partial charge on any atom is -0.444 e. The molecule has 3 amide bonds. The standard InChI is InChI=1S/C30H26N8O6S/c1-15-6-5-7-31-24(15)19-10-21(44-38-19)26(39)35-17-9-20-25(33-13-17)37-28(42-20)27(40)34-14-18-8-16-12-32-23(11-22(16)45-18)36-29(41)43-30(2,3)4/h5-13H,14H2,1-4H3,(H,34,40)(H,35,39)(H,32,36,41). The van der Waals surface area contributed by atoms with Crippen molar-refractivity contribution >= 4 is 62.1 Å². The molecular formula is C30H26N8O6S. The number of oxazole rings is 1. The summed E-state index contributed by atoms with van der Waals surface area (Å²) in [5.41, 5.74) is 2.02. The van der Waals surface area contributed by atoms with E-state index < -0.39 is 23.5 Å². The summed E-state index contributed by atoms with van der Waals surface area (Å²) in [5, 5.41) is 12.9. The van der Waals surface area contributed by atoms with Gasteiger partial charge in [-0.2, -0.15) is 4.98 Å². The van der Waals surface area contributed by atoms with Crippen LogP contribution in [0.4, 0.5) is 16.3 Å². The summed E-state index contributed by atoms with van der Waals surface area (Å²) in [6.45, 7) is 7.42. The smallest absolute Gasteiger partial charge is 0.413 e. The molecule has 0 fully saturated rings. The average Bonchev–Trinajstić information content (AvgIpc) is 3.73. The number of aromatic nitrogens is 5. The lowest BCUT2D eigenvalue weighted by atomic mass is 10.1. The monoisotopic (exact) mass is 626 g/mol. The Morgan fingerprint density at radius 1 is 1.00 bits per heavy atom. The molecule has 0 saturated carbocycles. The predicted octanol–water partition coefficient (Wildman–Crippen LogP) is 5.72. The number of nitrogens with one attached hydrogen (secondary N) is 3. The number of amides is 3. The van der Waals surface area contributed by atoms with Gasteiger partial charge in [-0.15, -0.1) is 11.3 Å². The largest absolute Gasteiger partial charge is 0.444 e. The van der Waals surface area contributed by atoms with Crippen LogP contribution >= 0.6 is 11.3 Å². The molecule has 228 valence electrons. The highest BCUT2D eigenvalue weighted by atomic mass is 32.1. The van der Waals surface area contributed by atoms with Crippen LogP contribution in [0, 0.1) is 6.92 Å². The van der Waals surface area contributed by atoms with Gasteiger partial charge < -0.3 is 24.3 Å². The van der Waals surface area contributed by atoms with Gasteiger partial charge in [0.15, 0.2) is 11.2 Å². The van der Waals surface area contributed by atoms with Crippen LogP contribution in [0.15, 0.2) is 63.9 Å². The third kappa shape index (κ3) is 6.78. The third-order valence-corrected chi connectivity index (χ3v) is 7.29. The normalized spacial score (nSPS) is 11.5. The molecule has 0 bridgehead atoms. The van der Waals surface area contributed by atoms with Crippen LogP contribution in [0.2, 0.25) is 0 Å². The second-order valence-corrected chi connectivity index (χ2v) is 12.1. The topological polar surface area (TPSA) is 187 Å². The molecule has 6 aromatic heterocycles. The first-order chi connectivity index (χ1) is 21.5. The highest BCUT2D eigenvalue weighted by Gasteiger charge is 2.20. The van der Waals surface area contributed by atoms with Crippen LogP contribution in [0.5, 0.6) is 0 Å². The Morgan fingerprint density at radius 3 is 2.64 bits per heavy atom. The molecule has 45 heavy (non-hydrogen) atoms. The quantitative estimate of drug-likeness (QED) is 0.197. The van der Waals surface area contributed by atoms with Gasteiger partial charge in [-0.25, -0.2) is 14.8 Å². The van der Waals surface area contributed by atoms with Gasteiger partial charge in [0.1, 0.15) is 17.1 Å².